The predicted octanol–water partition coefficient (Wildman–Crippen LogP) is 2.01. The number of carbonyl (C=O) groups excluding carboxylic acids is 2. The number of ether oxygens (including phenoxy) is 1. The Bertz CT molecular complexity index is 370. The van der Waals surface area contributed by atoms with E-state index in [0.29, 0.717) is 0 Å². The summed E-state index contributed by atoms with van der Waals surface area (Å²) in [6, 6.07) is 0. The number of hydrogen-bond acceptors (Lipinski definition) is 5. The maximum absolute atomic E-state index is 11.4. The molecule has 0 fully saturated rings. The van der Waals surface area contributed by atoms with Crippen molar-refractivity contribution in [2.45, 2.75) is 26.7 Å². The molecule has 0 aromatic carbocycles. The van der Waals surface area contributed by atoms with Crippen LogP contribution in [0, 0.1) is 0 Å². The summed E-state index contributed by atoms with van der Waals surface area (Å²) in [7, 11) is 0. The van der Waals surface area contributed by atoms with E-state index >= 15 is 0 Å². The van der Waals surface area contributed by atoms with Crippen molar-refractivity contribution in [2.75, 3.05) is 6.61 Å². The minimum absolute atomic E-state index is 0.183. The van der Waals surface area contributed by atoms with Gasteiger partial charge < -0.3 is 4.74 Å². The standard InChI is InChI=1S/C10H13NO3S/c1-4-14-10(13)8(12)7-5-15-9(11-7)6(2)3/h5-6H,4H2,1-3H3. The quantitative estimate of drug-likeness (QED) is 0.448. The summed E-state index contributed by atoms with van der Waals surface area (Å²) in [6.45, 7) is 5.83. The van der Waals surface area contributed by atoms with Crippen LogP contribution in [0.1, 0.15) is 42.2 Å². The number of ketones is 1. The lowest BCUT2D eigenvalue weighted by Gasteiger charge is -1.98. The van der Waals surface area contributed by atoms with Gasteiger partial charge in [0.05, 0.1) is 11.6 Å². The first-order valence-corrected chi connectivity index (χ1v) is 5.61. The Morgan fingerprint density at radius 1 is 1.53 bits per heavy atom. The van der Waals surface area contributed by atoms with E-state index in [9.17, 15) is 9.59 Å². The van der Waals surface area contributed by atoms with E-state index in [1.807, 2.05) is 13.8 Å². The van der Waals surface area contributed by atoms with Gasteiger partial charge in [0.1, 0.15) is 5.69 Å². The van der Waals surface area contributed by atoms with Crippen LogP contribution in [0.3, 0.4) is 0 Å². The molecule has 82 valence electrons. The molecule has 0 aliphatic heterocycles. The number of nitrogens with zero attached hydrogens (tertiary/aromatic N) is 1. The van der Waals surface area contributed by atoms with Gasteiger partial charge >= 0.3 is 5.97 Å². The third-order valence-corrected chi connectivity index (χ3v) is 2.85. The number of aromatic nitrogens is 1. The zero-order valence-electron chi connectivity index (χ0n) is 8.94. The molecule has 1 aromatic rings. The predicted molar refractivity (Wildman–Crippen MR) is 57.2 cm³/mol. The highest BCUT2D eigenvalue weighted by molar-refractivity contribution is 7.10. The smallest absolute Gasteiger partial charge is 0.381 e. The Morgan fingerprint density at radius 2 is 2.20 bits per heavy atom. The van der Waals surface area contributed by atoms with Crippen LogP contribution in [0.25, 0.3) is 0 Å². The van der Waals surface area contributed by atoms with E-state index in [1.165, 1.54) is 11.3 Å². The first-order valence-electron chi connectivity index (χ1n) is 4.73. The maximum atomic E-state index is 11.4. The summed E-state index contributed by atoms with van der Waals surface area (Å²) in [4.78, 5) is 26.6. The van der Waals surface area contributed by atoms with Crippen molar-refractivity contribution >= 4 is 23.1 Å². The van der Waals surface area contributed by atoms with Crippen molar-refractivity contribution in [2.24, 2.45) is 0 Å². The molecule has 0 amide bonds. The molecule has 1 heterocycles. The van der Waals surface area contributed by atoms with E-state index in [0.717, 1.165) is 5.01 Å². The molecule has 1 rings (SSSR count). The second-order valence-corrected chi connectivity index (χ2v) is 4.16. The van der Waals surface area contributed by atoms with Crippen LogP contribution in [-0.2, 0) is 9.53 Å². The van der Waals surface area contributed by atoms with Gasteiger partial charge in [0.25, 0.3) is 5.78 Å². The van der Waals surface area contributed by atoms with Crippen molar-refractivity contribution in [3.63, 3.8) is 0 Å². The molecule has 0 unspecified atom stereocenters. The molecule has 0 spiro atoms. The molecule has 0 aliphatic rings. The van der Waals surface area contributed by atoms with Gasteiger partial charge in [-0.2, -0.15) is 0 Å². The Morgan fingerprint density at radius 3 is 2.67 bits per heavy atom. The Labute approximate surface area is 92.3 Å². The monoisotopic (exact) mass is 227 g/mol. The fourth-order valence-electron chi connectivity index (χ4n) is 0.958. The van der Waals surface area contributed by atoms with Gasteiger partial charge in [-0.3, -0.25) is 4.79 Å². The number of hydrogen-bond donors (Lipinski definition) is 0. The first kappa shape index (κ1) is 11.8. The van der Waals surface area contributed by atoms with Gasteiger partial charge in [-0.15, -0.1) is 11.3 Å². The lowest BCUT2D eigenvalue weighted by molar-refractivity contribution is -0.137. The fourth-order valence-corrected chi connectivity index (χ4v) is 1.77. The van der Waals surface area contributed by atoms with Crippen LogP contribution in [0.5, 0.6) is 0 Å². The summed E-state index contributed by atoms with van der Waals surface area (Å²) in [5.74, 6) is -1.24. The van der Waals surface area contributed by atoms with Crippen LogP contribution >= 0.6 is 11.3 Å². The largest absolute Gasteiger partial charge is 0.460 e. The molecule has 4 nitrogen and oxygen atoms in total. The lowest BCUT2D eigenvalue weighted by atomic mass is 10.2. The Hall–Kier alpha value is -1.23. The summed E-state index contributed by atoms with van der Waals surface area (Å²) < 4.78 is 4.60. The van der Waals surface area contributed by atoms with Crippen LogP contribution in [0.4, 0.5) is 0 Å². The average molecular weight is 227 g/mol. The van der Waals surface area contributed by atoms with Crippen LogP contribution in [0.2, 0.25) is 0 Å². The van der Waals surface area contributed by atoms with Crippen molar-refractivity contribution in [1.29, 1.82) is 0 Å². The minimum atomic E-state index is -0.835. The van der Waals surface area contributed by atoms with Gasteiger partial charge in [0.2, 0.25) is 0 Å². The number of Topliss-reactive ketones (excluding diaryl/α,β-unsaturated/α-hetero) is 1. The molecular formula is C10H13NO3S. The molecule has 0 atom stereocenters. The Balaban J connectivity index is 2.78. The molecule has 0 saturated heterocycles. The number of esters is 1. The van der Waals surface area contributed by atoms with Gasteiger partial charge in [-0.1, -0.05) is 13.8 Å². The molecule has 5 heteroatoms. The second kappa shape index (κ2) is 5.02. The van der Waals surface area contributed by atoms with E-state index in [4.69, 9.17) is 0 Å². The highest BCUT2D eigenvalue weighted by Gasteiger charge is 2.20. The molecule has 0 bridgehead atoms. The van der Waals surface area contributed by atoms with Crippen molar-refractivity contribution in [1.82, 2.24) is 4.98 Å². The van der Waals surface area contributed by atoms with Gasteiger partial charge in [-0.05, 0) is 6.92 Å². The van der Waals surface area contributed by atoms with Crippen LogP contribution < -0.4 is 0 Å². The highest BCUT2D eigenvalue weighted by atomic mass is 32.1. The SMILES string of the molecule is CCOC(=O)C(=O)c1csc(C(C)C)n1. The fraction of sp³-hybridized carbons (Fsp3) is 0.500. The zero-order chi connectivity index (χ0) is 11.4. The van der Waals surface area contributed by atoms with E-state index in [2.05, 4.69) is 9.72 Å². The first-order chi connectivity index (χ1) is 7.06. The van der Waals surface area contributed by atoms with Crippen molar-refractivity contribution < 1.29 is 14.3 Å². The maximum Gasteiger partial charge on any atom is 0.381 e. The number of rotatable bonds is 4. The minimum Gasteiger partial charge on any atom is -0.460 e. The molecule has 1 aromatic heterocycles. The third kappa shape index (κ3) is 2.86. The van der Waals surface area contributed by atoms with Crippen LogP contribution in [-0.4, -0.2) is 23.3 Å². The highest BCUT2D eigenvalue weighted by Crippen LogP contribution is 2.19. The lowest BCUT2D eigenvalue weighted by Crippen LogP contribution is -2.17. The number of thiazole rings is 1. The molecule has 15 heavy (non-hydrogen) atoms. The van der Waals surface area contributed by atoms with Crippen LogP contribution in [0.15, 0.2) is 5.38 Å². The normalized spacial score (nSPS) is 10.4. The summed E-state index contributed by atoms with van der Waals surface area (Å²) in [5, 5.41) is 2.44. The van der Waals surface area contributed by atoms with E-state index < -0.39 is 11.8 Å². The molecule has 0 radical (unpaired) electrons. The van der Waals surface area contributed by atoms with E-state index in [-0.39, 0.29) is 18.2 Å². The van der Waals surface area contributed by atoms with Gasteiger partial charge in [0.15, 0.2) is 0 Å². The summed E-state index contributed by atoms with van der Waals surface area (Å²) in [5.41, 5.74) is 0.183. The van der Waals surface area contributed by atoms with Gasteiger partial charge in [0, 0.05) is 11.3 Å². The summed E-state index contributed by atoms with van der Waals surface area (Å²) in [6.07, 6.45) is 0. The number of carbonyl (C=O) groups is 2. The van der Waals surface area contributed by atoms with Gasteiger partial charge in [-0.25, -0.2) is 9.78 Å². The third-order valence-electron chi connectivity index (χ3n) is 1.71. The molecule has 0 N–H and O–H groups in total. The van der Waals surface area contributed by atoms with Crippen molar-refractivity contribution in [3.8, 4) is 0 Å². The molecule has 0 aliphatic carbocycles. The molecule has 0 saturated carbocycles. The Kier molecular flexibility index (Phi) is 3.96. The topological polar surface area (TPSA) is 56.3 Å². The average Bonchev–Trinajstić information content (AvgIpc) is 2.65. The summed E-state index contributed by atoms with van der Waals surface area (Å²) >= 11 is 1.38. The van der Waals surface area contributed by atoms with Crippen molar-refractivity contribution in [3.05, 3.63) is 16.1 Å². The second-order valence-electron chi connectivity index (χ2n) is 3.28. The van der Waals surface area contributed by atoms with E-state index in [1.54, 1.807) is 12.3 Å². The zero-order valence-corrected chi connectivity index (χ0v) is 9.76. The molecular weight excluding hydrogens is 214 g/mol.